The molecule has 0 saturated heterocycles. The van der Waals surface area contributed by atoms with Crippen LogP contribution in [0.5, 0.6) is 0 Å². The predicted octanol–water partition coefficient (Wildman–Crippen LogP) is 4.62. The third kappa shape index (κ3) is 4.44. The van der Waals surface area contributed by atoms with Crippen LogP contribution in [0.15, 0.2) is 46.5 Å². The van der Waals surface area contributed by atoms with Crippen molar-refractivity contribution >= 4 is 32.9 Å². The van der Waals surface area contributed by atoms with Gasteiger partial charge in [0.15, 0.2) is 20.8 Å². The Labute approximate surface area is 180 Å². The Kier molecular flexibility index (Phi) is 6.13. The van der Waals surface area contributed by atoms with Gasteiger partial charge in [0.05, 0.1) is 15.5 Å². The van der Waals surface area contributed by atoms with Crippen molar-refractivity contribution in [3.63, 3.8) is 0 Å². The maximum absolute atomic E-state index is 12.4. The van der Waals surface area contributed by atoms with Crippen molar-refractivity contribution in [2.45, 2.75) is 42.7 Å². The fourth-order valence-corrected chi connectivity index (χ4v) is 7.51. The number of thiophene rings is 1. The average Bonchev–Trinajstić information content (AvgIpc) is 3.31. The monoisotopic (exact) mass is 447 g/mol. The number of benzene rings is 1. The van der Waals surface area contributed by atoms with Gasteiger partial charge >= 0.3 is 0 Å². The lowest BCUT2D eigenvalue weighted by Crippen LogP contribution is -2.10. The molecule has 0 amide bonds. The molecule has 0 aliphatic heterocycles. The number of sulfone groups is 1. The molecule has 1 aromatic carbocycles. The van der Waals surface area contributed by atoms with Crippen LogP contribution < -0.4 is 0 Å². The Bertz CT molecular complexity index is 1090. The van der Waals surface area contributed by atoms with Gasteiger partial charge in [-0.3, -0.25) is 0 Å². The van der Waals surface area contributed by atoms with Crippen LogP contribution in [-0.4, -0.2) is 34.7 Å². The van der Waals surface area contributed by atoms with Crippen molar-refractivity contribution in [3.8, 4) is 10.7 Å². The normalized spacial score (nSPS) is 16.7. The maximum Gasteiger partial charge on any atom is 0.191 e. The summed E-state index contributed by atoms with van der Waals surface area (Å²) >= 11 is 3.26. The Morgan fingerprint density at radius 2 is 2.03 bits per heavy atom. The van der Waals surface area contributed by atoms with Crippen LogP contribution in [0, 0.1) is 5.92 Å². The molecule has 2 heterocycles. The van der Waals surface area contributed by atoms with Crippen molar-refractivity contribution in [2.24, 2.45) is 13.0 Å². The number of aromatic nitrogens is 3. The standard InChI is InChI=1S/C21H25N3O2S3/c1-3-15-9-10-18-16(13-15)14-19(28-18)20-22-23-21(24(20)2)27-11-12-29(25,26)17-7-5-4-6-8-17/h4-8,14-15H,3,9-13H2,1-2H3. The topological polar surface area (TPSA) is 64.8 Å². The van der Waals surface area contributed by atoms with Gasteiger partial charge in [-0.25, -0.2) is 8.42 Å². The first-order valence-electron chi connectivity index (χ1n) is 9.90. The summed E-state index contributed by atoms with van der Waals surface area (Å²) in [6.45, 7) is 2.27. The van der Waals surface area contributed by atoms with Crippen molar-refractivity contribution in [1.82, 2.24) is 14.8 Å². The number of nitrogens with zero attached hydrogens (tertiary/aromatic N) is 3. The first-order chi connectivity index (χ1) is 14.0. The largest absolute Gasteiger partial charge is 0.305 e. The fourth-order valence-electron chi connectivity index (χ4n) is 3.70. The van der Waals surface area contributed by atoms with E-state index in [0.29, 0.717) is 10.6 Å². The fraction of sp³-hybridized carbons (Fsp3) is 0.429. The number of hydrogen-bond acceptors (Lipinski definition) is 6. The molecule has 0 bridgehead atoms. The zero-order chi connectivity index (χ0) is 20.4. The molecular weight excluding hydrogens is 422 g/mol. The zero-order valence-electron chi connectivity index (χ0n) is 16.7. The van der Waals surface area contributed by atoms with Gasteiger partial charge in [-0.2, -0.15) is 0 Å². The average molecular weight is 448 g/mol. The van der Waals surface area contributed by atoms with E-state index < -0.39 is 9.84 Å². The van der Waals surface area contributed by atoms with E-state index in [2.05, 4.69) is 23.2 Å². The molecule has 0 fully saturated rings. The molecular formula is C21H25N3O2S3. The lowest BCUT2D eigenvalue weighted by Gasteiger charge is -2.19. The number of aryl methyl sites for hydroxylation is 1. The number of thioether (sulfide) groups is 1. The quantitative estimate of drug-likeness (QED) is 0.494. The van der Waals surface area contributed by atoms with Gasteiger partial charge in [0.25, 0.3) is 0 Å². The molecule has 0 N–H and O–H groups in total. The van der Waals surface area contributed by atoms with Crippen LogP contribution in [-0.2, 0) is 29.7 Å². The van der Waals surface area contributed by atoms with Gasteiger partial charge in [0, 0.05) is 17.7 Å². The van der Waals surface area contributed by atoms with Crippen molar-refractivity contribution < 1.29 is 8.42 Å². The van der Waals surface area contributed by atoms with E-state index in [4.69, 9.17) is 0 Å². The highest BCUT2D eigenvalue weighted by atomic mass is 32.2. The number of rotatable bonds is 7. The third-order valence-electron chi connectivity index (χ3n) is 5.50. The van der Waals surface area contributed by atoms with Gasteiger partial charge in [0.1, 0.15) is 0 Å². The Hall–Kier alpha value is -1.64. The van der Waals surface area contributed by atoms with Crippen LogP contribution >= 0.6 is 23.1 Å². The van der Waals surface area contributed by atoms with Crippen molar-refractivity contribution in [3.05, 3.63) is 46.8 Å². The first kappa shape index (κ1) is 20.6. The lowest BCUT2D eigenvalue weighted by molar-refractivity contribution is 0.449. The van der Waals surface area contributed by atoms with E-state index in [1.807, 2.05) is 29.0 Å². The van der Waals surface area contributed by atoms with Gasteiger partial charge in [-0.05, 0) is 48.9 Å². The molecule has 0 spiro atoms. The van der Waals surface area contributed by atoms with Crippen LogP contribution in [0.25, 0.3) is 10.7 Å². The molecule has 1 aliphatic rings. The molecule has 3 aromatic rings. The van der Waals surface area contributed by atoms with Crippen LogP contribution in [0.2, 0.25) is 0 Å². The van der Waals surface area contributed by atoms with Crippen molar-refractivity contribution in [2.75, 3.05) is 11.5 Å². The van der Waals surface area contributed by atoms with Gasteiger partial charge < -0.3 is 4.57 Å². The van der Waals surface area contributed by atoms with E-state index in [0.717, 1.165) is 28.2 Å². The first-order valence-corrected chi connectivity index (χ1v) is 13.4. The molecule has 1 atom stereocenters. The molecule has 4 rings (SSSR count). The number of fused-ring (bicyclic) bond motifs is 1. The van der Waals surface area contributed by atoms with E-state index in [-0.39, 0.29) is 5.75 Å². The summed E-state index contributed by atoms with van der Waals surface area (Å²) in [6, 6.07) is 10.9. The van der Waals surface area contributed by atoms with Crippen LogP contribution in [0.4, 0.5) is 0 Å². The smallest absolute Gasteiger partial charge is 0.191 e. The van der Waals surface area contributed by atoms with E-state index >= 15 is 0 Å². The summed E-state index contributed by atoms with van der Waals surface area (Å²) in [5.74, 6) is 2.19. The molecule has 0 saturated carbocycles. The summed E-state index contributed by atoms with van der Waals surface area (Å²) in [7, 11) is -1.32. The molecule has 8 heteroatoms. The molecule has 154 valence electrons. The highest BCUT2D eigenvalue weighted by molar-refractivity contribution is 8.00. The third-order valence-corrected chi connectivity index (χ3v) is 9.75. The second-order valence-electron chi connectivity index (χ2n) is 7.42. The van der Waals surface area contributed by atoms with E-state index in [1.165, 1.54) is 41.5 Å². The summed E-state index contributed by atoms with van der Waals surface area (Å²) in [5.41, 5.74) is 1.47. The lowest BCUT2D eigenvalue weighted by atomic mass is 9.87. The van der Waals surface area contributed by atoms with E-state index in [9.17, 15) is 8.42 Å². The minimum atomic E-state index is -3.27. The number of hydrogen-bond donors (Lipinski definition) is 0. The van der Waals surface area contributed by atoms with Crippen molar-refractivity contribution in [1.29, 1.82) is 0 Å². The second-order valence-corrected chi connectivity index (χ2v) is 11.7. The van der Waals surface area contributed by atoms with Crippen LogP contribution in [0.1, 0.15) is 30.2 Å². The Morgan fingerprint density at radius 3 is 2.79 bits per heavy atom. The molecule has 1 unspecified atom stereocenters. The molecule has 0 radical (unpaired) electrons. The van der Waals surface area contributed by atoms with E-state index in [1.54, 1.807) is 24.3 Å². The maximum atomic E-state index is 12.4. The SMILES string of the molecule is CCC1CCc2sc(-c3nnc(SCCS(=O)(=O)c4ccccc4)n3C)cc2C1. The predicted molar refractivity (Wildman–Crippen MR) is 119 cm³/mol. The van der Waals surface area contributed by atoms with Gasteiger partial charge in [-0.1, -0.05) is 43.3 Å². The zero-order valence-corrected chi connectivity index (χ0v) is 19.1. The molecule has 5 nitrogen and oxygen atoms in total. The molecule has 1 aliphatic carbocycles. The van der Waals surface area contributed by atoms with Gasteiger partial charge in [-0.15, -0.1) is 21.5 Å². The summed E-state index contributed by atoms with van der Waals surface area (Å²) < 4.78 is 26.9. The minimum Gasteiger partial charge on any atom is -0.305 e. The highest BCUT2D eigenvalue weighted by Crippen LogP contribution is 2.38. The highest BCUT2D eigenvalue weighted by Gasteiger charge is 2.23. The summed E-state index contributed by atoms with van der Waals surface area (Å²) in [6.07, 6.45) is 4.84. The Balaban J connectivity index is 1.44. The van der Waals surface area contributed by atoms with Gasteiger partial charge in [0.2, 0.25) is 0 Å². The summed E-state index contributed by atoms with van der Waals surface area (Å²) in [5, 5.41) is 9.46. The summed E-state index contributed by atoms with van der Waals surface area (Å²) in [4.78, 5) is 3.01. The second kappa shape index (κ2) is 8.62. The molecule has 2 aromatic heterocycles. The molecule has 29 heavy (non-hydrogen) atoms. The minimum absolute atomic E-state index is 0.0789. The Morgan fingerprint density at radius 1 is 1.24 bits per heavy atom. The van der Waals surface area contributed by atoms with Crippen LogP contribution in [0.3, 0.4) is 0 Å².